The zero-order valence-corrected chi connectivity index (χ0v) is 11.8. The second-order valence-corrected chi connectivity index (χ2v) is 6.30. The highest BCUT2D eigenvalue weighted by Crippen LogP contribution is 2.21. The molecule has 0 unspecified atom stereocenters. The summed E-state index contributed by atoms with van der Waals surface area (Å²) in [5.41, 5.74) is 0.470. The molecule has 0 aliphatic heterocycles. The van der Waals surface area contributed by atoms with Crippen LogP contribution >= 0.6 is 0 Å². The standard InChI is InChI=1S/C16H12FNO2S/c17-14-6-9-16(10-7-14)21(19,20)18-15-8-5-12-3-1-2-4-13(12)11-15/h1-11,18H. The first-order valence-corrected chi connectivity index (χ1v) is 7.80. The van der Waals surface area contributed by atoms with E-state index in [1.165, 1.54) is 12.1 Å². The summed E-state index contributed by atoms with van der Waals surface area (Å²) in [5, 5.41) is 1.97. The van der Waals surface area contributed by atoms with Gasteiger partial charge in [0, 0.05) is 5.69 Å². The van der Waals surface area contributed by atoms with Crippen LogP contribution in [0.2, 0.25) is 0 Å². The van der Waals surface area contributed by atoms with Gasteiger partial charge in [0.1, 0.15) is 5.82 Å². The van der Waals surface area contributed by atoms with E-state index in [0.29, 0.717) is 5.69 Å². The van der Waals surface area contributed by atoms with E-state index in [-0.39, 0.29) is 4.90 Å². The Morgan fingerprint density at radius 1 is 0.810 bits per heavy atom. The van der Waals surface area contributed by atoms with Crippen molar-refractivity contribution in [3.8, 4) is 0 Å². The van der Waals surface area contributed by atoms with E-state index in [2.05, 4.69) is 4.72 Å². The molecule has 0 atom stereocenters. The van der Waals surface area contributed by atoms with E-state index in [4.69, 9.17) is 0 Å². The topological polar surface area (TPSA) is 46.2 Å². The Labute approximate surface area is 122 Å². The summed E-state index contributed by atoms with van der Waals surface area (Å²) >= 11 is 0. The van der Waals surface area contributed by atoms with Crippen molar-refractivity contribution in [3.05, 3.63) is 72.5 Å². The van der Waals surface area contributed by atoms with E-state index >= 15 is 0 Å². The summed E-state index contributed by atoms with van der Waals surface area (Å²) in [5.74, 6) is -0.473. The van der Waals surface area contributed by atoms with E-state index in [9.17, 15) is 12.8 Å². The van der Waals surface area contributed by atoms with Gasteiger partial charge in [0.05, 0.1) is 4.90 Å². The summed E-state index contributed by atoms with van der Waals surface area (Å²) in [6.45, 7) is 0. The quantitative estimate of drug-likeness (QED) is 0.800. The molecular formula is C16H12FNO2S. The fraction of sp³-hybridized carbons (Fsp3) is 0. The molecule has 0 saturated heterocycles. The Kier molecular flexibility index (Phi) is 3.35. The molecule has 0 aliphatic carbocycles. The van der Waals surface area contributed by atoms with Crippen LogP contribution in [0.4, 0.5) is 10.1 Å². The van der Waals surface area contributed by atoms with Crippen molar-refractivity contribution in [1.82, 2.24) is 0 Å². The fourth-order valence-corrected chi connectivity index (χ4v) is 3.13. The lowest BCUT2D eigenvalue weighted by Crippen LogP contribution is -2.12. The predicted molar refractivity (Wildman–Crippen MR) is 81.2 cm³/mol. The third kappa shape index (κ3) is 2.87. The van der Waals surface area contributed by atoms with Gasteiger partial charge in [-0.25, -0.2) is 12.8 Å². The first-order valence-electron chi connectivity index (χ1n) is 6.32. The summed E-state index contributed by atoms with van der Waals surface area (Å²) in [4.78, 5) is 0.0251. The lowest BCUT2D eigenvalue weighted by molar-refractivity contribution is 0.599. The molecule has 5 heteroatoms. The molecular weight excluding hydrogens is 289 g/mol. The van der Waals surface area contributed by atoms with Gasteiger partial charge in [0.15, 0.2) is 0 Å². The number of benzene rings is 3. The lowest BCUT2D eigenvalue weighted by atomic mass is 10.1. The number of anilines is 1. The molecule has 0 radical (unpaired) electrons. The van der Waals surface area contributed by atoms with Gasteiger partial charge in [-0.05, 0) is 47.2 Å². The molecule has 3 aromatic carbocycles. The SMILES string of the molecule is O=S(=O)(Nc1ccc2ccccc2c1)c1ccc(F)cc1. The van der Waals surface area contributed by atoms with Gasteiger partial charge in [-0.2, -0.15) is 0 Å². The van der Waals surface area contributed by atoms with Crippen LogP contribution in [0.25, 0.3) is 10.8 Å². The molecule has 0 aliphatic rings. The maximum Gasteiger partial charge on any atom is 0.261 e. The average Bonchev–Trinajstić information content (AvgIpc) is 2.47. The number of sulfonamides is 1. The first kappa shape index (κ1) is 13.6. The van der Waals surface area contributed by atoms with Crippen molar-refractivity contribution in [3.63, 3.8) is 0 Å². The molecule has 106 valence electrons. The van der Waals surface area contributed by atoms with E-state index in [1.54, 1.807) is 12.1 Å². The molecule has 3 rings (SSSR count). The van der Waals surface area contributed by atoms with Crippen LogP contribution in [-0.4, -0.2) is 8.42 Å². The number of hydrogen-bond donors (Lipinski definition) is 1. The molecule has 0 aromatic heterocycles. The smallest absolute Gasteiger partial charge is 0.261 e. The molecule has 0 amide bonds. The molecule has 21 heavy (non-hydrogen) atoms. The molecule has 0 bridgehead atoms. The minimum absolute atomic E-state index is 0.0251. The van der Waals surface area contributed by atoms with Crippen molar-refractivity contribution >= 4 is 26.5 Å². The van der Waals surface area contributed by atoms with Crippen molar-refractivity contribution in [2.75, 3.05) is 4.72 Å². The Hall–Kier alpha value is -2.40. The second-order valence-electron chi connectivity index (χ2n) is 4.62. The Morgan fingerprint density at radius 3 is 2.19 bits per heavy atom. The highest BCUT2D eigenvalue weighted by molar-refractivity contribution is 7.92. The highest BCUT2D eigenvalue weighted by atomic mass is 32.2. The maximum absolute atomic E-state index is 12.9. The monoisotopic (exact) mass is 301 g/mol. The van der Waals surface area contributed by atoms with Crippen LogP contribution in [0.5, 0.6) is 0 Å². The predicted octanol–water partition coefficient (Wildman–Crippen LogP) is 3.78. The molecule has 0 saturated carbocycles. The Balaban J connectivity index is 1.95. The molecule has 3 nitrogen and oxygen atoms in total. The van der Waals surface area contributed by atoms with Gasteiger partial charge < -0.3 is 0 Å². The van der Waals surface area contributed by atoms with Gasteiger partial charge >= 0.3 is 0 Å². The Morgan fingerprint density at radius 2 is 1.48 bits per heavy atom. The van der Waals surface area contributed by atoms with E-state index < -0.39 is 15.8 Å². The maximum atomic E-state index is 12.9. The average molecular weight is 301 g/mol. The van der Waals surface area contributed by atoms with Gasteiger partial charge in [0.2, 0.25) is 0 Å². The van der Waals surface area contributed by atoms with E-state index in [1.807, 2.05) is 30.3 Å². The van der Waals surface area contributed by atoms with Crippen LogP contribution in [0.15, 0.2) is 71.6 Å². The number of nitrogens with one attached hydrogen (secondary N) is 1. The van der Waals surface area contributed by atoms with Crippen molar-refractivity contribution in [1.29, 1.82) is 0 Å². The van der Waals surface area contributed by atoms with Gasteiger partial charge in [0.25, 0.3) is 10.0 Å². The highest BCUT2D eigenvalue weighted by Gasteiger charge is 2.14. The van der Waals surface area contributed by atoms with Crippen LogP contribution < -0.4 is 4.72 Å². The zero-order valence-electron chi connectivity index (χ0n) is 11.0. The number of fused-ring (bicyclic) bond motifs is 1. The van der Waals surface area contributed by atoms with Crippen molar-refractivity contribution < 1.29 is 12.8 Å². The van der Waals surface area contributed by atoms with Crippen molar-refractivity contribution in [2.24, 2.45) is 0 Å². The van der Waals surface area contributed by atoms with E-state index in [0.717, 1.165) is 22.9 Å². The molecule has 0 heterocycles. The molecule has 0 spiro atoms. The third-order valence-corrected chi connectivity index (χ3v) is 4.52. The molecule has 0 fully saturated rings. The lowest BCUT2D eigenvalue weighted by Gasteiger charge is -2.09. The first-order chi connectivity index (χ1) is 10.0. The molecule has 1 N–H and O–H groups in total. The van der Waals surface area contributed by atoms with Gasteiger partial charge in [-0.3, -0.25) is 4.72 Å². The summed E-state index contributed by atoms with van der Waals surface area (Å²) in [6, 6.07) is 17.7. The zero-order chi connectivity index (χ0) is 14.9. The van der Waals surface area contributed by atoms with Crippen molar-refractivity contribution in [2.45, 2.75) is 4.90 Å². The normalized spacial score (nSPS) is 11.5. The number of halogens is 1. The minimum Gasteiger partial charge on any atom is -0.280 e. The van der Waals surface area contributed by atoms with Crippen LogP contribution in [0.1, 0.15) is 0 Å². The largest absolute Gasteiger partial charge is 0.280 e. The van der Waals surface area contributed by atoms with Gasteiger partial charge in [-0.1, -0.05) is 30.3 Å². The van der Waals surface area contributed by atoms with Gasteiger partial charge in [-0.15, -0.1) is 0 Å². The number of rotatable bonds is 3. The van der Waals surface area contributed by atoms with Crippen LogP contribution in [0.3, 0.4) is 0 Å². The molecule has 3 aromatic rings. The minimum atomic E-state index is -3.72. The summed E-state index contributed by atoms with van der Waals surface area (Å²) in [7, 11) is -3.72. The third-order valence-electron chi connectivity index (χ3n) is 3.13. The summed E-state index contributed by atoms with van der Waals surface area (Å²) in [6.07, 6.45) is 0. The summed E-state index contributed by atoms with van der Waals surface area (Å²) < 4.78 is 39.8. The number of hydrogen-bond acceptors (Lipinski definition) is 2. The second kappa shape index (κ2) is 5.18. The fourth-order valence-electron chi connectivity index (χ4n) is 2.08. The van der Waals surface area contributed by atoms with Crippen LogP contribution in [0, 0.1) is 5.82 Å². The van der Waals surface area contributed by atoms with Crippen LogP contribution in [-0.2, 0) is 10.0 Å². The Bertz CT molecular complexity index is 890.